The summed E-state index contributed by atoms with van der Waals surface area (Å²) in [7, 11) is 0. The molecule has 0 atom stereocenters. The molecule has 6 nitrogen and oxygen atoms in total. The molecule has 1 N–H and O–H groups in total. The van der Waals surface area contributed by atoms with Gasteiger partial charge in [0.25, 0.3) is 0 Å². The number of carbonyl (C=O) groups excluding carboxylic acids is 1. The second-order valence-electron chi connectivity index (χ2n) is 6.06. The van der Waals surface area contributed by atoms with E-state index in [1.54, 1.807) is 6.20 Å². The van der Waals surface area contributed by atoms with Gasteiger partial charge in [0.1, 0.15) is 18.2 Å². The number of amides is 2. The standard InChI is InChI=1S/C19H24N4O2/c1-16-5-4-6-17(15-16)25-14-9-21-19(24)23-12-10-22(11-13-23)18-7-2-3-8-20-18/h2-8,15H,9-14H2,1H3,(H,21,24). The maximum atomic E-state index is 12.2. The van der Waals surface area contributed by atoms with E-state index in [-0.39, 0.29) is 6.03 Å². The third-order valence-electron chi connectivity index (χ3n) is 4.18. The lowest BCUT2D eigenvalue weighted by molar-refractivity contribution is 0.191. The van der Waals surface area contributed by atoms with Crippen LogP contribution in [-0.4, -0.2) is 55.2 Å². The lowest BCUT2D eigenvalue weighted by Gasteiger charge is -2.35. The summed E-state index contributed by atoms with van der Waals surface area (Å²) < 4.78 is 5.65. The van der Waals surface area contributed by atoms with Crippen LogP contribution < -0.4 is 15.0 Å². The molecule has 25 heavy (non-hydrogen) atoms. The average molecular weight is 340 g/mol. The number of hydrogen-bond donors (Lipinski definition) is 1. The van der Waals surface area contributed by atoms with E-state index >= 15 is 0 Å². The summed E-state index contributed by atoms with van der Waals surface area (Å²) in [6.07, 6.45) is 1.79. The summed E-state index contributed by atoms with van der Waals surface area (Å²) in [6.45, 7) is 5.96. The van der Waals surface area contributed by atoms with Gasteiger partial charge in [0.05, 0.1) is 6.54 Å². The molecule has 1 fully saturated rings. The first kappa shape index (κ1) is 17.1. The Labute approximate surface area is 148 Å². The van der Waals surface area contributed by atoms with Gasteiger partial charge < -0.3 is 19.9 Å². The number of ether oxygens (including phenoxy) is 1. The first-order chi connectivity index (χ1) is 12.2. The van der Waals surface area contributed by atoms with Crippen LogP contribution in [-0.2, 0) is 0 Å². The normalized spacial score (nSPS) is 14.3. The average Bonchev–Trinajstić information content (AvgIpc) is 2.66. The summed E-state index contributed by atoms with van der Waals surface area (Å²) in [6, 6.07) is 13.8. The van der Waals surface area contributed by atoms with Crippen LogP contribution in [0.15, 0.2) is 48.7 Å². The number of aryl methyl sites for hydroxylation is 1. The number of carbonyl (C=O) groups is 1. The van der Waals surface area contributed by atoms with Gasteiger partial charge in [-0.05, 0) is 36.8 Å². The van der Waals surface area contributed by atoms with E-state index in [0.29, 0.717) is 26.2 Å². The third kappa shape index (κ3) is 4.86. The van der Waals surface area contributed by atoms with Crippen LogP contribution in [0.1, 0.15) is 5.56 Å². The maximum Gasteiger partial charge on any atom is 0.317 e. The Balaban J connectivity index is 1.37. The number of aromatic nitrogens is 1. The molecular formula is C19H24N4O2. The highest BCUT2D eigenvalue weighted by Gasteiger charge is 2.21. The van der Waals surface area contributed by atoms with Crippen LogP contribution in [0.5, 0.6) is 5.75 Å². The van der Waals surface area contributed by atoms with E-state index in [9.17, 15) is 4.79 Å². The number of urea groups is 1. The zero-order valence-corrected chi connectivity index (χ0v) is 14.5. The molecule has 2 amide bonds. The molecule has 1 aromatic carbocycles. The van der Waals surface area contributed by atoms with Crippen LogP contribution in [0.25, 0.3) is 0 Å². The number of pyridine rings is 1. The molecule has 0 spiro atoms. The molecule has 3 rings (SSSR count). The first-order valence-corrected chi connectivity index (χ1v) is 8.60. The van der Waals surface area contributed by atoms with Crippen molar-refractivity contribution in [1.82, 2.24) is 15.2 Å². The Bertz CT molecular complexity index is 685. The van der Waals surface area contributed by atoms with Gasteiger partial charge in [0.2, 0.25) is 0 Å². The molecule has 2 heterocycles. The highest BCUT2D eigenvalue weighted by Crippen LogP contribution is 2.13. The van der Waals surface area contributed by atoms with E-state index in [0.717, 1.165) is 30.2 Å². The molecule has 0 radical (unpaired) electrons. The van der Waals surface area contributed by atoms with Crippen molar-refractivity contribution >= 4 is 11.8 Å². The molecule has 0 unspecified atom stereocenters. The van der Waals surface area contributed by atoms with E-state index in [2.05, 4.69) is 15.2 Å². The van der Waals surface area contributed by atoms with Crippen molar-refractivity contribution in [1.29, 1.82) is 0 Å². The minimum absolute atomic E-state index is 0.0338. The minimum Gasteiger partial charge on any atom is -0.492 e. The monoisotopic (exact) mass is 340 g/mol. The van der Waals surface area contributed by atoms with Crippen LogP contribution in [0.2, 0.25) is 0 Å². The van der Waals surface area contributed by atoms with Gasteiger partial charge in [-0.1, -0.05) is 18.2 Å². The molecule has 1 aromatic heterocycles. The lowest BCUT2D eigenvalue weighted by Crippen LogP contribution is -2.52. The molecule has 6 heteroatoms. The molecule has 1 saturated heterocycles. The molecule has 1 aliphatic rings. The quantitative estimate of drug-likeness (QED) is 0.849. The minimum atomic E-state index is -0.0338. The van der Waals surface area contributed by atoms with Crippen molar-refractivity contribution in [2.45, 2.75) is 6.92 Å². The number of rotatable bonds is 5. The van der Waals surface area contributed by atoms with Crippen molar-refractivity contribution in [2.75, 3.05) is 44.2 Å². The molecule has 0 bridgehead atoms. The zero-order valence-electron chi connectivity index (χ0n) is 14.5. The predicted molar refractivity (Wildman–Crippen MR) is 98.1 cm³/mol. The largest absolute Gasteiger partial charge is 0.492 e. The number of piperazine rings is 1. The molecule has 2 aromatic rings. The van der Waals surface area contributed by atoms with Crippen molar-refractivity contribution in [3.8, 4) is 5.75 Å². The molecular weight excluding hydrogens is 316 g/mol. The second-order valence-corrected chi connectivity index (χ2v) is 6.06. The first-order valence-electron chi connectivity index (χ1n) is 8.60. The second kappa shape index (κ2) is 8.37. The summed E-state index contributed by atoms with van der Waals surface area (Å²) in [5.74, 6) is 1.80. The zero-order chi connectivity index (χ0) is 17.5. The van der Waals surface area contributed by atoms with E-state index in [1.807, 2.05) is 54.3 Å². The topological polar surface area (TPSA) is 57.7 Å². The third-order valence-corrected chi connectivity index (χ3v) is 4.18. The Morgan fingerprint density at radius 3 is 2.72 bits per heavy atom. The molecule has 1 aliphatic heterocycles. The van der Waals surface area contributed by atoms with Gasteiger partial charge >= 0.3 is 6.03 Å². The Kier molecular flexibility index (Phi) is 5.72. The SMILES string of the molecule is Cc1cccc(OCCNC(=O)N2CCN(c3ccccn3)CC2)c1. The van der Waals surface area contributed by atoms with Gasteiger partial charge in [-0.3, -0.25) is 0 Å². The highest BCUT2D eigenvalue weighted by atomic mass is 16.5. The highest BCUT2D eigenvalue weighted by molar-refractivity contribution is 5.74. The van der Waals surface area contributed by atoms with E-state index in [4.69, 9.17) is 4.74 Å². The van der Waals surface area contributed by atoms with Crippen LogP contribution in [0, 0.1) is 6.92 Å². The maximum absolute atomic E-state index is 12.2. The van der Waals surface area contributed by atoms with Crippen molar-refractivity contribution in [3.63, 3.8) is 0 Å². The molecule has 132 valence electrons. The number of benzene rings is 1. The van der Waals surface area contributed by atoms with Gasteiger partial charge in [-0.15, -0.1) is 0 Å². The van der Waals surface area contributed by atoms with Crippen molar-refractivity contribution in [2.24, 2.45) is 0 Å². The fourth-order valence-electron chi connectivity index (χ4n) is 2.82. The number of anilines is 1. The number of nitrogens with one attached hydrogen (secondary N) is 1. The molecule has 0 aliphatic carbocycles. The summed E-state index contributed by atoms with van der Waals surface area (Å²) >= 11 is 0. The Hall–Kier alpha value is -2.76. The summed E-state index contributed by atoms with van der Waals surface area (Å²) in [5.41, 5.74) is 1.16. The fraction of sp³-hybridized carbons (Fsp3) is 0.368. The molecule has 0 saturated carbocycles. The van der Waals surface area contributed by atoms with Crippen LogP contribution in [0.3, 0.4) is 0 Å². The van der Waals surface area contributed by atoms with Gasteiger partial charge in [0, 0.05) is 32.4 Å². The van der Waals surface area contributed by atoms with Crippen molar-refractivity contribution in [3.05, 3.63) is 54.2 Å². The Morgan fingerprint density at radius 1 is 1.16 bits per heavy atom. The van der Waals surface area contributed by atoms with Crippen LogP contribution in [0.4, 0.5) is 10.6 Å². The number of hydrogen-bond acceptors (Lipinski definition) is 4. The lowest BCUT2D eigenvalue weighted by atomic mass is 10.2. The van der Waals surface area contributed by atoms with Crippen molar-refractivity contribution < 1.29 is 9.53 Å². The van der Waals surface area contributed by atoms with Gasteiger partial charge in [-0.2, -0.15) is 0 Å². The fourth-order valence-corrected chi connectivity index (χ4v) is 2.82. The Morgan fingerprint density at radius 2 is 2.00 bits per heavy atom. The van der Waals surface area contributed by atoms with Crippen LogP contribution >= 0.6 is 0 Å². The predicted octanol–water partition coefficient (Wildman–Crippen LogP) is 2.30. The van der Waals surface area contributed by atoms with E-state index < -0.39 is 0 Å². The van der Waals surface area contributed by atoms with E-state index in [1.165, 1.54) is 0 Å². The van der Waals surface area contributed by atoms with Gasteiger partial charge in [0.15, 0.2) is 0 Å². The summed E-state index contributed by atoms with van der Waals surface area (Å²) in [5, 5.41) is 2.92. The smallest absolute Gasteiger partial charge is 0.317 e. The summed E-state index contributed by atoms with van der Waals surface area (Å²) in [4.78, 5) is 20.6. The number of nitrogens with zero attached hydrogens (tertiary/aromatic N) is 3. The van der Waals surface area contributed by atoms with Gasteiger partial charge in [-0.25, -0.2) is 9.78 Å².